The van der Waals surface area contributed by atoms with Gasteiger partial charge in [0.25, 0.3) is 0 Å². The summed E-state index contributed by atoms with van der Waals surface area (Å²) in [7, 11) is 0. The Hall–Kier alpha value is -1.54. The van der Waals surface area contributed by atoms with Crippen molar-refractivity contribution in [2.45, 2.75) is 39.1 Å². The van der Waals surface area contributed by atoms with Gasteiger partial charge in [0.05, 0.1) is 11.4 Å². The Balaban J connectivity index is 2.46. The molecule has 0 saturated heterocycles. The van der Waals surface area contributed by atoms with Gasteiger partial charge in [-0.3, -0.25) is 4.79 Å². The predicted octanol–water partition coefficient (Wildman–Crippen LogP) is 4.52. The molecule has 0 amide bonds. The normalized spacial score (nSPS) is 14.1. The van der Waals surface area contributed by atoms with Crippen molar-refractivity contribution in [3.63, 3.8) is 0 Å². The zero-order valence-electron chi connectivity index (χ0n) is 12.4. The third-order valence-electron chi connectivity index (χ3n) is 3.78. The molecule has 0 radical (unpaired) electrons. The molecule has 2 rings (SSSR count). The van der Waals surface area contributed by atoms with Gasteiger partial charge in [0.2, 0.25) is 0 Å². The van der Waals surface area contributed by atoms with Crippen LogP contribution in [-0.4, -0.2) is 15.7 Å². The maximum atomic E-state index is 12.1. The van der Waals surface area contributed by atoms with Gasteiger partial charge in [-0.2, -0.15) is 0 Å². The van der Waals surface area contributed by atoms with Crippen molar-refractivity contribution in [1.82, 2.24) is 4.57 Å². The topological polar surface area (TPSA) is 22.0 Å². The minimum atomic E-state index is -0.490. The molecule has 2 aromatic rings. The molecule has 0 aliphatic rings. The molecule has 0 aliphatic carbocycles. The lowest BCUT2D eigenvalue weighted by Gasteiger charge is -2.19. The highest BCUT2D eigenvalue weighted by atomic mass is 35.5. The highest BCUT2D eigenvalue weighted by molar-refractivity contribution is 6.33. The number of ketones is 1. The van der Waals surface area contributed by atoms with Crippen LogP contribution in [0, 0.1) is 13.8 Å². The third kappa shape index (κ3) is 2.66. The number of benzene rings is 1. The smallest absolute Gasteiger partial charge is 0.182 e. The Morgan fingerprint density at radius 3 is 2.30 bits per heavy atom. The molecule has 0 fully saturated rings. The molecule has 0 bridgehead atoms. The predicted molar refractivity (Wildman–Crippen MR) is 83.8 cm³/mol. The average molecular weight is 290 g/mol. The molecule has 0 aliphatic heterocycles. The summed E-state index contributed by atoms with van der Waals surface area (Å²) in [6.45, 7) is 7.88. The fourth-order valence-electron chi connectivity index (χ4n) is 2.72. The molecule has 2 unspecified atom stereocenters. The summed E-state index contributed by atoms with van der Waals surface area (Å²) in [5, 5.41) is -0.490. The third-order valence-corrected chi connectivity index (χ3v) is 3.98. The number of rotatable bonds is 4. The summed E-state index contributed by atoms with van der Waals surface area (Å²) >= 11 is 5.93. The van der Waals surface area contributed by atoms with E-state index in [9.17, 15) is 4.79 Å². The van der Waals surface area contributed by atoms with Crippen molar-refractivity contribution in [2.24, 2.45) is 0 Å². The molecule has 2 nitrogen and oxygen atoms in total. The number of aryl methyl sites for hydroxylation is 1. The first kappa shape index (κ1) is 14.9. The van der Waals surface area contributed by atoms with Gasteiger partial charge < -0.3 is 4.57 Å². The van der Waals surface area contributed by atoms with Crippen LogP contribution < -0.4 is 0 Å². The van der Waals surface area contributed by atoms with Crippen LogP contribution >= 0.6 is 11.6 Å². The monoisotopic (exact) mass is 289 g/mol. The van der Waals surface area contributed by atoms with Crippen molar-refractivity contribution in [3.8, 4) is 0 Å². The number of hydrogen-bond acceptors (Lipinski definition) is 1. The minimum absolute atomic E-state index is 0.00808. The van der Waals surface area contributed by atoms with Crippen molar-refractivity contribution >= 4 is 17.4 Å². The number of hydrogen-bond donors (Lipinski definition) is 0. The summed E-state index contributed by atoms with van der Waals surface area (Å²) in [5.41, 5.74) is 4.02. The van der Waals surface area contributed by atoms with E-state index in [1.54, 1.807) is 6.92 Å². The van der Waals surface area contributed by atoms with E-state index in [0.29, 0.717) is 0 Å². The van der Waals surface area contributed by atoms with Crippen molar-refractivity contribution in [1.29, 1.82) is 0 Å². The molecule has 106 valence electrons. The molecule has 1 aromatic heterocycles. The minimum Gasteiger partial charge on any atom is -0.341 e. The molecule has 20 heavy (non-hydrogen) atoms. The number of carbonyl (C=O) groups is 1. The second kappa shape index (κ2) is 5.84. The second-order valence-electron chi connectivity index (χ2n) is 5.22. The first-order valence-corrected chi connectivity index (χ1v) is 7.28. The molecule has 3 heteroatoms. The zero-order chi connectivity index (χ0) is 14.9. The van der Waals surface area contributed by atoms with Gasteiger partial charge in [0, 0.05) is 17.0 Å². The van der Waals surface area contributed by atoms with Gasteiger partial charge in [-0.15, -0.1) is 11.6 Å². The molecule has 0 N–H and O–H groups in total. The Bertz CT molecular complexity index is 613. The number of carbonyl (C=O) groups excluding carboxylic acids is 1. The van der Waals surface area contributed by atoms with E-state index < -0.39 is 5.38 Å². The highest BCUT2D eigenvalue weighted by Gasteiger charge is 2.21. The fourth-order valence-corrected chi connectivity index (χ4v) is 2.83. The summed E-state index contributed by atoms with van der Waals surface area (Å²) in [4.78, 5) is 12.1. The van der Waals surface area contributed by atoms with Gasteiger partial charge in [-0.25, -0.2) is 0 Å². The van der Waals surface area contributed by atoms with E-state index in [1.807, 2.05) is 38.1 Å². The van der Waals surface area contributed by atoms with E-state index in [1.165, 1.54) is 5.56 Å². The first-order chi connectivity index (χ1) is 9.43. The largest absolute Gasteiger partial charge is 0.341 e. The van der Waals surface area contributed by atoms with Crippen LogP contribution in [0.5, 0.6) is 0 Å². The molecular weight excluding hydrogens is 270 g/mol. The van der Waals surface area contributed by atoms with Crippen LogP contribution in [0.1, 0.15) is 47.2 Å². The summed E-state index contributed by atoms with van der Waals surface area (Å²) in [5.74, 6) is -0.00808. The van der Waals surface area contributed by atoms with Gasteiger partial charge in [-0.1, -0.05) is 30.3 Å². The molecule has 2 atom stereocenters. The van der Waals surface area contributed by atoms with E-state index in [2.05, 4.69) is 23.6 Å². The van der Waals surface area contributed by atoms with E-state index in [4.69, 9.17) is 11.6 Å². The number of nitrogens with zero attached hydrogens (tertiary/aromatic N) is 1. The number of alkyl halides is 1. The number of aromatic nitrogens is 1. The standard InChI is InChI=1S/C17H20ClNO/c1-11-10-16(17(20)12(2)18)14(4)19(11)13(3)15-8-6-5-7-9-15/h5-10,12-13H,1-4H3. The molecular formula is C17H20ClNO. The van der Waals surface area contributed by atoms with Crippen molar-refractivity contribution in [2.75, 3.05) is 0 Å². The van der Waals surface area contributed by atoms with Crippen LogP contribution in [0.15, 0.2) is 36.4 Å². The number of halogens is 1. The summed E-state index contributed by atoms with van der Waals surface area (Å²) in [6, 6.07) is 12.4. The molecule has 1 aromatic carbocycles. The zero-order valence-corrected chi connectivity index (χ0v) is 13.1. The van der Waals surface area contributed by atoms with Crippen molar-refractivity contribution in [3.05, 3.63) is 58.9 Å². The summed E-state index contributed by atoms with van der Waals surface area (Å²) in [6.07, 6.45) is 0. The lowest BCUT2D eigenvalue weighted by atomic mass is 10.1. The lowest BCUT2D eigenvalue weighted by molar-refractivity contribution is 0.0991. The SMILES string of the molecule is Cc1cc(C(=O)C(C)Cl)c(C)n1C(C)c1ccccc1. The number of Topliss-reactive ketones (excluding diaryl/α,β-unsaturated/α-hetero) is 1. The average Bonchev–Trinajstić information content (AvgIpc) is 2.73. The molecule has 0 saturated carbocycles. The Morgan fingerprint density at radius 1 is 1.15 bits per heavy atom. The lowest BCUT2D eigenvalue weighted by Crippen LogP contribution is -2.14. The van der Waals surface area contributed by atoms with Crippen LogP contribution in [0.2, 0.25) is 0 Å². The molecule has 0 spiro atoms. The quantitative estimate of drug-likeness (QED) is 0.599. The molecule has 1 heterocycles. The van der Waals surface area contributed by atoms with Crippen LogP contribution in [-0.2, 0) is 0 Å². The fraction of sp³-hybridized carbons (Fsp3) is 0.353. The summed E-state index contributed by atoms with van der Waals surface area (Å²) < 4.78 is 2.20. The van der Waals surface area contributed by atoms with E-state index in [0.717, 1.165) is 17.0 Å². The maximum absolute atomic E-state index is 12.1. The Morgan fingerprint density at radius 2 is 1.75 bits per heavy atom. The highest BCUT2D eigenvalue weighted by Crippen LogP contribution is 2.26. The maximum Gasteiger partial charge on any atom is 0.182 e. The van der Waals surface area contributed by atoms with Gasteiger partial charge in [0.15, 0.2) is 5.78 Å². The van der Waals surface area contributed by atoms with Crippen LogP contribution in [0.25, 0.3) is 0 Å². The van der Waals surface area contributed by atoms with Crippen LogP contribution in [0.4, 0.5) is 0 Å². The van der Waals surface area contributed by atoms with Gasteiger partial charge >= 0.3 is 0 Å². The van der Waals surface area contributed by atoms with Crippen molar-refractivity contribution < 1.29 is 4.79 Å². The van der Waals surface area contributed by atoms with Gasteiger partial charge in [-0.05, 0) is 39.3 Å². The van der Waals surface area contributed by atoms with Gasteiger partial charge in [0.1, 0.15) is 0 Å². The van der Waals surface area contributed by atoms with E-state index in [-0.39, 0.29) is 11.8 Å². The Kier molecular flexibility index (Phi) is 4.34. The van der Waals surface area contributed by atoms with E-state index >= 15 is 0 Å². The first-order valence-electron chi connectivity index (χ1n) is 6.85. The Labute approximate surface area is 125 Å². The second-order valence-corrected chi connectivity index (χ2v) is 5.88. The van der Waals surface area contributed by atoms with Crippen LogP contribution in [0.3, 0.4) is 0 Å².